The lowest BCUT2D eigenvalue weighted by Crippen LogP contribution is -2.18. The second-order valence-corrected chi connectivity index (χ2v) is 3.97. The molecule has 0 amide bonds. The number of pyridine rings is 1. The first-order valence-electron chi connectivity index (χ1n) is 4.56. The normalized spacial score (nSPS) is 10.0. The highest BCUT2D eigenvalue weighted by atomic mass is 79.9. The zero-order valence-corrected chi connectivity index (χ0v) is 9.99. The summed E-state index contributed by atoms with van der Waals surface area (Å²) in [5, 5.41) is 0. The average molecular weight is 274 g/mol. The van der Waals surface area contributed by atoms with E-state index >= 15 is 0 Å². The van der Waals surface area contributed by atoms with Crippen LogP contribution < -0.4 is 5.56 Å². The zero-order valence-electron chi connectivity index (χ0n) is 8.40. The number of hydrogen-bond acceptors (Lipinski definition) is 3. The van der Waals surface area contributed by atoms with E-state index in [-0.39, 0.29) is 11.5 Å². The summed E-state index contributed by atoms with van der Waals surface area (Å²) in [6, 6.07) is 3.18. The molecule has 1 heterocycles. The number of esters is 1. The molecule has 0 spiro atoms. The summed E-state index contributed by atoms with van der Waals surface area (Å²) in [4.78, 5) is 22.2. The van der Waals surface area contributed by atoms with Gasteiger partial charge in [-0.2, -0.15) is 0 Å². The van der Waals surface area contributed by atoms with Crippen molar-refractivity contribution in [3.63, 3.8) is 0 Å². The van der Waals surface area contributed by atoms with E-state index in [0.29, 0.717) is 19.4 Å². The first kappa shape index (κ1) is 12.0. The van der Waals surface area contributed by atoms with Gasteiger partial charge in [0, 0.05) is 29.7 Å². The van der Waals surface area contributed by atoms with Crippen LogP contribution in [0.3, 0.4) is 0 Å². The van der Waals surface area contributed by atoms with Crippen molar-refractivity contribution in [2.45, 2.75) is 19.4 Å². The van der Waals surface area contributed by atoms with Crippen molar-refractivity contribution in [2.75, 3.05) is 7.11 Å². The van der Waals surface area contributed by atoms with Crippen LogP contribution in [0.1, 0.15) is 12.8 Å². The fourth-order valence-corrected chi connectivity index (χ4v) is 1.55. The molecule has 82 valence electrons. The second-order valence-electron chi connectivity index (χ2n) is 3.06. The molecular weight excluding hydrogens is 262 g/mol. The molecule has 1 rings (SSSR count). The largest absolute Gasteiger partial charge is 0.469 e. The first-order chi connectivity index (χ1) is 7.13. The van der Waals surface area contributed by atoms with Crippen molar-refractivity contribution >= 4 is 21.9 Å². The van der Waals surface area contributed by atoms with Crippen molar-refractivity contribution in [2.24, 2.45) is 0 Å². The van der Waals surface area contributed by atoms with Gasteiger partial charge in [0.2, 0.25) is 0 Å². The van der Waals surface area contributed by atoms with Crippen LogP contribution in [0, 0.1) is 0 Å². The third-order valence-corrected chi connectivity index (χ3v) is 2.42. The van der Waals surface area contributed by atoms with Gasteiger partial charge in [-0.05, 0) is 28.4 Å². The van der Waals surface area contributed by atoms with Crippen LogP contribution in [0.4, 0.5) is 0 Å². The molecule has 0 saturated heterocycles. The van der Waals surface area contributed by atoms with Gasteiger partial charge < -0.3 is 9.30 Å². The third-order valence-electron chi connectivity index (χ3n) is 1.95. The minimum absolute atomic E-state index is 0.0666. The maximum Gasteiger partial charge on any atom is 0.305 e. The summed E-state index contributed by atoms with van der Waals surface area (Å²) < 4.78 is 6.92. The Morgan fingerprint density at radius 3 is 2.93 bits per heavy atom. The molecule has 0 atom stereocenters. The van der Waals surface area contributed by atoms with E-state index in [0.717, 1.165) is 4.47 Å². The molecule has 0 aliphatic carbocycles. The van der Waals surface area contributed by atoms with Gasteiger partial charge in [0.05, 0.1) is 7.11 Å². The first-order valence-corrected chi connectivity index (χ1v) is 5.35. The van der Waals surface area contributed by atoms with Crippen LogP contribution in [0.5, 0.6) is 0 Å². The lowest BCUT2D eigenvalue weighted by molar-refractivity contribution is -0.140. The lowest BCUT2D eigenvalue weighted by atomic mass is 10.3. The molecule has 0 radical (unpaired) electrons. The Balaban J connectivity index is 2.54. The minimum Gasteiger partial charge on any atom is -0.469 e. The van der Waals surface area contributed by atoms with Crippen molar-refractivity contribution in [3.8, 4) is 0 Å². The van der Waals surface area contributed by atoms with Crippen molar-refractivity contribution in [3.05, 3.63) is 33.2 Å². The summed E-state index contributed by atoms with van der Waals surface area (Å²) >= 11 is 3.28. The van der Waals surface area contributed by atoms with E-state index in [4.69, 9.17) is 0 Å². The van der Waals surface area contributed by atoms with Gasteiger partial charge in [-0.1, -0.05) is 0 Å². The maximum absolute atomic E-state index is 11.3. The van der Waals surface area contributed by atoms with Gasteiger partial charge in [0.1, 0.15) is 0 Å². The molecule has 5 heteroatoms. The molecule has 4 nitrogen and oxygen atoms in total. The topological polar surface area (TPSA) is 48.3 Å². The van der Waals surface area contributed by atoms with Crippen molar-refractivity contribution < 1.29 is 9.53 Å². The lowest BCUT2D eigenvalue weighted by Gasteiger charge is -2.04. The van der Waals surface area contributed by atoms with Gasteiger partial charge in [0.15, 0.2) is 0 Å². The number of hydrogen-bond donors (Lipinski definition) is 0. The van der Waals surface area contributed by atoms with E-state index in [2.05, 4.69) is 20.7 Å². The highest BCUT2D eigenvalue weighted by Gasteiger charge is 2.01. The molecule has 1 aromatic rings. The van der Waals surface area contributed by atoms with Crippen LogP contribution in [-0.2, 0) is 16.1 Å². The Hall–Kier alpha value is -1.10. The number of aryl methyl sites for hydroxylation is 1. The number of carbonyl (C=O) groups is 1. The smallest absolute Gasteiger partial charge is 0.305 e. The van der Waals surface area contributed by atoms with E-state index in [9.17, 15) is 9.59 Å². The van der Waals surface area contributed by atoms with Gasteiger partial charge in [-0.15, -0.1) is 0 Å². The van der Waals surface area contributed by atoms with E-state index < -0.39 is 0 Å². The average Bonchev–Trinajstić information content (AvgIpc) is 2.23. The number of nitrogens with zero attached hydrogens (tertiary/aromatic N) is 1. The van der Waals surface area contributed by atoms with E-state index in [1.54, 1.807) is 16.8 Å². The molecule has 0 bridgehead atoms. The summed E-state index contributed by atoms with van der Waals surface area (Å²) in [5.41, 5.74) is -0.0666. The fraction of sp³-hybridized carbons (Fsp3) is 0.400. The second kappa shape index (κ2) is 5.70. The van der Waals surface area contributed by atoms with Gasteiger partial charge in [-0.3, -0.25) is 9.59 Å². The molecule has 0 saturated carbocycles. The Bertz CT molecular complexity index is 400. The molecule has 0 unspecified atom stereocenters. The number of ether oxygens (including phenoxy) is 1. The molecule has 15 heavy (non-hydrogen) atoms. The Morgan fingerprint density at radius 2 is 2.27 bits per heavy atom. The standard InChI is InChI=1S/C10H12BrNO3/c1-15-10(14)3-2-6-12-7-8(11)4-5-9(12)13/h4-5,7H,2-3,6H2,1H3. The number of rotatable bonds is 4. The number of carbonyl (C=O) groups excluding carboxylic acids is 1. The van der Waals surface area contributed by atoms with Crippen LogP contribution in [0.2, 0.25) is 0 Å². The summed E-state index contributed by atoms with van der Waals surface area (Å²) in [5.74, 6) is -0.252. The number of aromatic nitrogens is 1. The highest BCUT2D eigenvalue weighted by Crippen LogP contribution is 2.05. The fourth-order valence-electron chi connectivity index (χ4n) is 1.17. The van der Waals surface area contributed by atoms with Gasteiger partial charge >= 0.3 is 5.97 Å². The molecule has 0 fully saturated rings. The zero-order chi connectivity index (χ0) is 11.3. The molecule has 0 aliphatic rings. The maximum atomic E-state index is 11.3. The molecule has 0 aliphatic heterocycles. The van der Waals surface area contributed by atoms with Gasteiger partial charge in [0.25, 0.3) is 5.56 Å². The predicted octanol–water partition coefficient (Wildman–Crippen LogP) is 1.56. The Labute approximate surface area is 96.0 Å². The number of halogens is 1. The molecular formula is C10H12BrNO3. The Kier molecular flexibility index (Phi) is 4.55. The molecule has 0 aromatic carbocycles. The Morgan fingerprint density at radius 1 is 1.53 bits per heavy atom. The predicted molar refractivity (Wildman–Crippen MR) is 59.7 cm³/mol. The summed E-state index contributed by atoms with van der Waals surface area (Å²) in [6.45, 7) is 0.521. The summed E-state index contributed by atoms with van der Waals surface area (Å²) in [6.07, 6.45) is 2.64. The third kappa shape index (κ3) is 3.87. The van der Waals surface area contributed by atoms with E-state index in [1.165, 1.54) is 13.2 Å². The van der Waals surface area contributed by atoms with Crippen LogP contribution in [0.15, 0.2) is 27.6 Å². The number of methoxy groups -OCH3 is 1. The monoisotopic (exact) mass is 273 g/mol. The molecule has 0 N–H and O–H groups in total. The summed E-state index contributed by atoms with van der Waals surface area (Å²) in [7, 11) is 1.35. The van der Waals surface area contributed by atoms with Gasteiger partial charge in [-0.25, -0.2) is 0 Å². The van der Waals surface area contributed by atoms with Crippen molar-refractivity contribution in [1.82, 2.24) is 4.57 Å². The van der Waals surface area contributed by atoms with Crippen LogP contribution in [-0.4, -0.2) is 17.6 Å². The minimum atomic E-state index is -0.252. The SMILES string of the molecule is COC(=O)CCCn1cc(Br)ccc1=O. The van der Waals surface area contributed by atoms with E-state index in [1.807, 2.05) is 0 Å². The quantitative estimate of drug-likeness (QED) is 0.783. The van der Waals surface area contributed by atoms with Crippen molar-refractivity contribution in [1.29, 1.82) is 0 Å². The van der Waals surface area contributed by atoms with Crippen LogP contribution in [0.25, 0.3) is 0 Å². The van der Waals surface area contributed by atoms with Crippen LogP contribution >= 0.6 is 15.9 Å². The molecule has 1 aromatic heterocycles. The highest BCUT2D eigenvalue weighted by molar-refractivity contribution is 9.10.